The van der Waals surface area contributed by atoms with Crippen molar-refractivity contribution in [1.29, 1.82) is 0 Å². The highest BCUT2D eigenvalue weighted by atomic mass is 16.5. The number of ketones is 1. The lowest BCUT2D eigenvalue weighted by atomic mass is 10.0. The summed E-state index contributed by atoms with van der Waals surface area (Å²) in [6.07, 6.45) is 0. The second-order valence-corrected chi connectivity index (χ2v) is 5.98. The summed E-state index contributed by atoms with van der Waals surface area (Å²) in [6.45, 7) is -0.639. The van der Waals surface area contributed by atoms with E-state index in [0.29, 0.717) is 5.56 Å². The highest BCUT2D eigenvalue weighted by Gasteiger charge is 2.16. The van der Waals surface area contributed by atoms with Crippen molar-refractivity contribution in [3.63, 3.8) is 0 Å². The van der Waals surface area contributed by atoms with E-state index in [2.05, 4.69) is 10.3 Å². The third kappa shape index (κ3) is 4.95. The van der Waals surface area contributed by atoms with Gasteiger partial charge in [-0.1, -0.05) is 42.5 Å². The molecule has 0 saturated carbocycles. The zero-order valence-corrected chi connectivity index (χ0v) is 15.0. The van der Waals surface area contributed by atoms with Gasteiger partial charge < -0.3 is 15.2 Å². The Morgan fingerprint density at radius 3 is 2.34 bits per heavy atom. The monoisotopic (exact) mass is 392 g/mol. The number of ether oxygens (including phenoxy) is 1. The number of rotatable bonds is 6. The van der Waals surface area contributed by atoms with Crippen molar-refractivity contribution < 1.29 is 24.2 Å². The van der Waals surface area contributed by atoms with E-state index in [-0.39, 0.29) is 22.6 Å². The highest BCUT2D eigenvalue weighted by Crippen LogP contribution is 2.19. The Balaban J connectivity index is 1.68. The molecule has 0 atom stereocenters. The molecule has 3 aromatic rings. The molecule has 8 nitrogen and oxygen atoms in total. The molecule has 0 bridgehead atoms. The van der Waals surface area contributed by atoms with Gasteiger partial charge in [0.2, 0.25) is 0 Å². The Kier molecular flexibility index (Phi) is 5.84. The van der Waals surface area contributed by atoms with Crippen LogP contribution in [0.5, 0.6) is 5.88 Å². The predicted molar refractivity (Wildman–Crippen MR) is 104 cm³/mol. The molecule has 1 heterocycles. The van der Waals surface area contributed by atoms with E-state index in [4.69, 9.17) is 4.74 Å². The first-order valence-corrected chi connectivity index (χ1v) is 8.53. The summed E-state index contributed by atoms with van der Waals surface area (Å²) in [5.41, 5.74) is 0.150. The molecule has 29 heavy (non-hydrogen) atoms. The number of anilines is 1. The maximum absolute atomic E-state index is 12.7. The minimum absolute atomic E-state index is 0.196. The van der Waals surface area contributed by atoms with Crippen LogP contribution in [-0.2, 0) is 9.53 Å². The molecule has 2 aromatic carbocycles. The van der Waals surface area contributed by atoms with E-state index in [1.165, 1.54) is 0 Å². The number of pyridine rings is 1. The topological polar surface area (TPSA) is 126 Å². The molecule has 3 N–H and O–H groups in total. The predicted octanol–water partition coefficient (Wildman–Crippen LogP) is 2.11. The first-order chi connectivity index (χ1) is 13.9. The SMILES string of the molecule is O=C(COC(=O)c1cc(O)[nH]c(=O)c1)Nc1ccccc1C(=O)c1ccccc1. The maximum atomic E-state index is 12.7. The molecular weight excluding hydrogens is 376 g/mol. The van der Waals surface area contributed by atoms with Gasteiger partial charge in [0.15, 0.2) is 18.3 Å². The van der Waals surface area contributed by atoms with Gasteiger partial charge in [-0.15, -0.1) is 0 Å². The molecular formula is C21H16N2O6. The van der Waals surface area contributed by atoms with Crippen LogP contribution in [0.4, 0.5) is 5.69 Å². The zero-order valence-electron chi connectivity index (χ0n) is 15.0. The number of amides is 1. The smallest absolute Gasteiger partial charge is 0.339 e. The first kappa shape index (κ1) is 19.6. The molecule has 0 radical (unpaired) electrons. The standard InChI is InChI=1S/C21H16N2O6/c24-17-10-14(11-18(25)23-17)21(28)29-12-19(26)22-16-9-5-4-8-15(16)20(27)13-6-2-1-3-7-13/h1-11H,12H2,(H,22,26)(H2,23,24,25). The van der Waals surface area contributed by atoms with Crippen molar-refractivity contribution in [2.75, 3.05) is 11.9 Å². The fraction of sp³-hybridized carbons (Fsp3) is 0.0476. The van der Waals surface area contributed by atoms with Crippen LogP contribution in [0, 0.1) is 0 Å². The number of aromatic hydroxyl groups is 1. The van der Waals surface area contributed by atoms with Crippen LogP contribution in [0.15, 0.2) is 71.5 Å². The minimum atomic E-state index is -0.949. The number of aromatic nitrogens is 1. The van der Waals surface area contributed by atoms with E-state index in [1.807, 2.05) is 0 Å². The molecule has 0 spiro atoms. The van der Waals surface area contributed by atoms with Crippen LogP contribution in [0.25, 0.3) is 0 Å². The number of aromatic amines is 1. The summed E-state index contributed by atoms with van der Waals surface area (Å²) in [7, 11) is 0. The molecule has 0 unspecified atom stereocenters. The summed E-state index contributed by atoms with van der Waals surface area (Å²) in [5.74, 6) is -2.38. The summed E-state index contributed by atoms with van der Waals surface area (Å²) in [5, 5.41) is 11.9. The maximum Gasteiger partial charge on any atom is 0.339 e. The van der Waals surface area contributed by atoms with Crippen LogP contribution in [0.3, 0.4) is 0 Å². The fourth-order valence-corrected chi connectivity index (χ4v) is 2.58. The van der Waals surface area contributed by atoms with Crippen LogP contribution in [-0.4, -0.2) is 34.4 Å². The van der Waals surface area contributed by atoms with Crippen molar-refractivity contribution in [3.8, 4) is 5.88 Å². The van der Waals surface area contributed by atoms with Crippen molar-refractivity contribution in [2.24, 2.45) is 0 Å². The molecule has 0 fully saturated rings. The Hall–Kier alpha value is -4.20. The number of benzene rings is 2. The summed E-state index contributed by atoms with van der Waals surface area (Å²) in [6, 6.07) is 17.0. The van der Waals surface area contributed by atoms with E-state index in [0.717, 1.165) is 12.1 Å². The molecule has 1 aromatic heterocycles. The number of H-pyrrole nitrogens is 1. The van der Waals surface area contributed by atoms with E-state index in [1.54, 1.807) is 54.6 Å². The largest absolute Gasteiger partial charge is 0.494 e. The Bertz CT molecular complexity index is 1120. The van der Waals surface area contributed by atoms with E-state index >= 15 is 0 Å². The number of hydrogen-bond acceptors (Lipinski definition) is 6. The van der Waals surface area contributed by atoms with E-state index < -0.39 is 29.9 Å². The van der Waals surface area contributed by atoms with Crippen molar-refractivity contribution in [3.05, 3.63) is 93.8 Å². The fourth-order valence-electron chi connectivity index (χ4n) is 2.58. The third-order valence-corrected chi connectivity index (χ3v) is 3.88. The number of hydrogen-bond donors (Lipinski definition) is 3. The molecule has 0 aliphatic heterocycles. The van der Waals surface area contributed by atoms with Gasteiger partial charge in [-0.05, 0) is 12.1 Å². The van der Waals surface area contributed by atoms with Gasteiger partial charge in [0.05, 0.1) is 11.3 Å². The van der Waals surface area contributed by atoms with Gasteiger partial charge >= 0.3 is 5.97 Å². The number of nitrogens with one attached hydrogen (secondary N) is 2. The Morgan fingerprint density at radius 2 is 1.62 bits per heavy atom. The number of carbonyl (C=O) groups is 3. The minimum Gasteiger partial charge on any atom is -0.494 e. The number of esters is 1. The summed E-state index contributed by atoms with van der Waals surface area (Å²) >= 11 is 0. The van der Waals surface area contributed by atoms with Crippen molar-refractivity contribution in [1.82, 2.24) is 4.98 Å². The zero-order chi connectivity index (χ0) is 20.8. The average Bonchev–Trinajstić information content (AvgIpc) is 2.72. The number of carbonyl (C=O) groups excluding carboxylic acids is 3. The summed E-state index contributed by atoms with van der Waals surface area (Å²) in [4.78, 5) is 50.1. The van der Waals surface area contributed by atoms with Gasteiger partial charge in [-0.3, -0.25) is 19.4 Å². The molecule has 3 rings (SSSR count). The number of para-hydroxylation sites is 1. The second-order valence-electron chi connectivity index (χ2n) is 5.98. The second kappa shape index (κ2) is 8.66. The van der Waals surface area contributed by atoms with Gasteiger partial charge in [-0.25, -0.2) is 4.79 Å². The lowest BCUT2D eigenvalue weighted by Crippen LogP contribution is -2.22. The van der Waals surface area contributed by atoms with Crippen molar-refractivity contribution >= 4 is 23.3 Å². The molecule has 146 valence electrons. The van der Waals surface area contributed by atoms with Crippen molar-refractivity contribution in [2.45, 2.75) is 0 Å². The normalized spacial score (nSPS) is 10.2. The van der Waals surface area contributed by atoms with Crippen LogP contribution in [0.1, 0.15) is 26.3 Å². The lowest BCUT2D eigenvalue weighted by Gasteiger charge is -2.11. The van der Waals surface area contributed by atoms with Gasteiger partial charge in [0.1, 0.15) is 0 Å². The molecule has 0 saturated heterocycles. The Labute approximate surface area is 164 Å². The lowest BCUT2D eigenvalue weighted by molar-refractivity contribution is -0.119. The quantitative estimate of drug-likeness (QED) is 0.436. The van der Waals surface area contributed by atoms with Gasteiger partial charge in [0.25, 0.3) is 11.5 Å². The van der Waals surface area contributed by atoms with E-state index in [9.17, 15) is 24.3 Å². The molecule has 8 heteroatoms. The first-order valence-electron chi connectivity index (χ1n) is 8.53. The molecule has 1 amide bonds. The highest BCUT2D eigenvalue weighted by molar-refractivity contribution is 6.13. The molecule has 0 aliphatic rings. The third-order valence-electron chi connectivity index (χ3n) is 3.88. The van der Waals surface area contributed by atoms with Crippen LogP contribution in [0.2, 0.25) is 0 Å². The average molecular weight is 392 g/mol. The van der Waals surface area contributed by atoms with Crippen LogP contribution < -0.4 is 10.9 Å². The Morgan fingerprint density at radius 1 is 0.931 bits per heavy atom. The molecule has 0 aliphatic carbocycles. The van der Waals surface area contributed by atoms with Gasteiger partial charge in [0, 0.05) is 23.3 Å². The van der Waals surface area contributed by atoms with Gasteiger partial charge in [-0.2, -0.15) is 0 Å². The van der Waals surface area contributed by atoms with Crippen LogP contribution >= 0.6 is 0 Å². The summed E-state index contributed by atoms with van der Waals surface area (Å²) < 4.78 is 4.86.